The maximum absolute atomic E-state index is 11.7. The summed E-state index contributed by atoms with van der Waals surface area (Å²) in [5.74, 6) is 1.22. The molecule has 3 nitrogen and oxygen atoms in total. The van der Waals surface area contributed by atoms with Crippen LogP contribution in [0.15, 0.2) is 0 Å². The number of fused-ring (bicyclic) bond motifs is 1. The molecule has 15 heavy (non-hydrogen) atoms. The molecule has 2 rings (SSSR count). The fourth-order valence-electron chi connectivity index (χ4n) is 3.39. The van der Waals surface area contributed by atoms with Crippen LogP contribution in [0.3, 0.4) is 0 Å². The molecule has 0 aromatic carbocycles. The van der Waals surface area contributed by atoms with Crippen LogP contribution in [0, 0.1) is 23.2 Å². The van der Waals surface area contributed by atoms with E-state index in [4.69, 9.17) is 10.5 Å². The Kier molecular flexibility index (Phi) is 2.75. The SMILES string of the molecule is CCOC(=O)C1C2CCCC(C)(CN)C21. The van der Waals surface area contributed by atoms with Crippen molar-refractivity contribution in [3.8, 4) is 0 Å². The van der Waals surface area contributed by atoms with Crippen LogP contribution in [0.25, 0.3) is 0 Å². The lowest BCUT2D eigenvalue weighted by Crippen LogP contribution is -2.33. The number of carbonyl (C=O) groups is 1. The molecule has 0 bridgehead atoms. The number of carbonyl (C=O) groups excluding carboxylic acids is 1. The highest BCUT2D eigenvalue weighted by atomic mass is 16.5. The van der Waals surface area contributed by atoms with Crippen LogP contribution >= 0.6 is 0 Å². The highest BCUT2D eigenvalue weighted by Gasteiger charge is 2.63. The molecule has 0 heterocycles. The largest absolute Gasteiger partial charge is 0.466 e. The van der Waals surface area contributed by atoms with Crippen molar-refractivity contribution >= 4 is 5.97 Å². The molecule has 0 aromatic rings. The topological polar surface area (TPSA) is 52.3 Å². The summed E-state index contributed by atoms with van der Waals surface area (Å²) in [5, 5.41) is 0. The van der Waals surface area contributed by atoms with Gasteiger partial charge in [0, 0.05) is 0 Å². The molecule has 4 unspecified atom stereocenters. The molecule has 0 aromatic heterocycles. The molecular formula is C12H21NO2. The third-order valence-corrected chi connectivity index (χ3v) is 4.28. The minimum Gasteiger partial charge on any atom is -0.466 e. The van der Waals surface area contributed by atoms with E-state index < -0.39 is 0 Å². The lowest BCUT2D eigenvalue weighted by Gasteiger charge is -2.32. The molecule has 2 saturated carbocycles. The molecule has 2 aliphatic carbocycles. The van der Waals surface area contributed by atoms with Gasteiger partial charge in [-0.2, -0.15) is 0 Å². The molecule has 2 aliphatic rings. The maximum atomic E-state index is 11.7. The Balaban J connectivity index is 2.04. The standard InChI is InChI=1S/C12H21NO2/c1-3-15-11(14)9-8-5-4-6-12(2,7-13)10(8)9/h8-10H,3-7,13H2,1-2H3. The summed E-state index contributed by atoms with van der Waals surface area (Å²) >= 11 is 0. The Morgan fingerprint density at radius 1 is 1.60 bits per heavy atom. The third-order valence-electron chi connectivity index (χ3n) is 4.28. The Hall–Kier alpha value is -0.570. The van der Waals surface area contributed by atoms with Gasteiger partial charge in [0.05, 0.1) is 12.5 Å². The zero-order chi connectivity index (χ0) is 11.1. The van der Waals surface area contributed by atoms with E-state index in [9.17, 15) is 4.79 Å². The van der Waals surface area contributed by atoms with Crippen LogP contribution in [0.2, 0.25) is 0 Å². The summed E-state index contributed by atoms with van der Waals surface area (Å²) in [6.45, 7) is 5.29. The Morgan fingerprint density at radius 3 is 2.93 bits per heavy atom. The smallest absolute Gasteiger partial charge is 0.309 e. The van der Waals surface area contributed by atoms with E-state index in [-0.39, 0.29) is 17.3 Å². The van der Waals surface area contributed by atoms with Crippen LogP contribution in [-0.2, 0) is 9.53 Å². The zero-order valence-corrected chi connectivity index (χ0v) is 9.66. The molecule has 0 spiro atoms. The second-order valence-corrected chi connectivity index (χ2v) is 5.22. The lowest BCUT2D eigenvalue weighted by atomic mass is 9.75. The van der Waals surface area contributed by atoms with Crippen molar-refractivity contribution < 1.29 is 9.53 Å². The summed E-state index contributed by atoms with van der Waals surface area (Å²) < 4.78 is 5.12. The molecule has 86 valence electrons. The van der Waals surface area contributed by atoms with E-state index in [0.29, 0.717) is 25.0 Å². The second-order valence-electron chi connectivity index (χ2n) is 5.22. The third kappa shape index (κ3) is 1.67. The number of esters is 1. The van der Waals surface area contributed by atoms with Crippen molar-refractivity contribution in [2.45, 2.75) is 33.1 Å². The zero-order valence-electron chi connectivity index (χ0n) is 9.66. The van der Waals surface area contributed by atoms with Gasteiger partial charge in [-0.25, -0.2) is 0 Å². The van der Waals surface area contributed by atoms with Gasteiger partial charge in [0.2, 0.25) is 0 Å². The summed E-state index contributed by atoms with van der Waals surface area (Å²) in [6.07, 6.45) is 3.56. The van der Waals surface area contributed by atoms with Crippen molar-refractivity contribution in [3.05, 3.63) is 0 Å². The molecular weight excluding hydrogens is 190 g/mol. The number of nitrogens with two attached hydrogens (primary N) is 1. The highest BCUT2D eigenvalue weighted by Crippen LogP contribution is 2.63. The van der Waals surface area contributed by atoms with Gasteiger partial charge in [0.15, 0.2) is 0 Å². The Labute approximate surface area is 91.4 Å². The predicted octanol–water partition coefficient (Wildman–Crippen LogP) is 1.56. The summed E-state index contributed by atoms with van der Waals surface area (Å²) in [5.41, 5.74) is 6.02. The monoisotopic (exact) mass is 211 g/mol. The van der Waals surface area contributed by atoms with Crippen molar-refractivity contribution in [1.82, 2.24) is 0 Å². The molecule has 2 N–H and O–H groups in total. The van der Waals surface area contributed by atoms with Crippen molar-refractivity contribution in [2.24, 2.45) is 28.9 Å². The second kappa shape index (κ2) is 3.78. The van der Waals surface area contributed by atoms with Gasteiger partial charge in [-0.1, -0.05) is 13.3 Å². The van der Waals surface area contributed by atoms with Gasteiger partial charge >= 0.3 is 5.97 Å². The first-order valence-corrected chi connectivity index (χ1v) is 6.00. The first-order chi connectivity index (χ1) is 7.14. The summed E-state index contributed by atoms with van der Waals surface area (Å²) in [7, 11) is 0. The molecule has 0 saturated heterocycles. The molecule has 0 amide bonds. The number of hydrogen-bond acceptors (Lipinski definition) is 3. The molecule has 4 atom stereocenters. The maximum Gasteiger partial charge on any atom is 0.309 e. The highest BCUT2D eigenvalue weighted by molar-refractivity contribution is 5.77. The fourth-order valence-corrected chi connectivity index (χ4v) is 3.39. The number of rotatable bonds is 3. The van der Waals surface area contributed by atoms with Crippen molar-refractivity contribution in [1.29, 1.82) is 0 Å². The van der Waals surface area contributed by atoms with Crippen LogP contribution in [-0.4, -0.2) is 19.1 Å². The molecule has 0 radical (unpaired) electrons. The Bertz CT molecular complexity index is 266. The van der Waals surface area contributed by atoms with Crippen molar-refractivity contribution in [2.75, 3.05) is 13.2 Å². The first-order valence-electron chi connectivity index (χ1n) is 6.00. The van der Waals surface area contributed by atoms with Crippen LogP contribution in [0.4, 0.5) is 0 Å². The van der Waals surface area contributed by atoms with Gasteiger partial charge in [0.25, 0.3) is 0 Å². The quantitative estimate of drug-likeness (QED) is 0.721. The minimum atomic E-state index is 0.00840. The van der Waals surface area contributed by atoms with E-state index in [1.807, 2.05) is 6.92 Å². The molecule has 3 heteroatoms. The van der Waals surface area contributed by atoms with E-state index in [0.717, 1.165) is 0 Å². The normalized spacial score (nSPS) is 43.3. The molecule has 0 aliphatic heterocycles. The van der Waals surface area contributed by atoms with Gasteiger partial charge in [-0.3, -0.25) is 4.79 Å². The predicted molar refractivity (Wildman–Crippen MR) is 58.1 cm³/mol. The fraction of sp³-hybridized carbons (Fsp3) is 0.917. The van der Waals surface area contributed by atoms with Gasteiger partial charge in [-0.05, 0) is 43.6 Å². The van der Waals surface area contributed by atoms with Crippen molar-refractivity contribution in [3.63, 3.8) is 0 Å². The first kappa shape index (κ1) is 10.9. The van der Waals surface area contributed by atoms with E-state index in [2.05, 4.69) is 6.92 Å². The van der Waals surface area contributed by atoms with E-state index in [1.54, 1.807) is 0 Å². The summed E-state index contributed by atoms with van der Waals surface area (Å²) in [4.78, 5) is 11.7. The summed E-state index contributed by atoms with van der Waals surface area (Å²) in [6, 6.07) is 0. The average molecular weight is 211 g/mol. The number of ether oxygens (including phenoxy) is 1. The van der Waals surface area contributed by atoms with Crippen LogP contribution in [0.1, 0.15) is 33.1 Å². The molecule has 2 fully saturated rings. The minimum absolute atomic E-state index is 0.00840. The average Bonchev–Trinajstić information content (AvgIpc) is 2.94. The van der Waals surface area contributed by atoms with E-state index >= 15 is 0 Å². The van der Waals surface area contributed by atoms with Gasteiger partial charge in [0.1, 0.15) is 0 Å². The Morgan fingerprint density at radius 2 is 2.33 bits per heavy atom. The lowest BCUT2D eigenvalue weighted by molar-refractivity contribution is -0.145. The van der Waals surface area contributed by atoms with E-state index in [1.165, 1.54) is 19.3 Å². The van der Waals surface area contributed by atoms with Gasteiger partial charge in [-0.15, -0.1) is 0 Å². The van der Waals surface area contributed by atoms with Crippen LogP contribution < -0.4 is 5.73 Å². The van der Waals surface area contributed by atoms with Crippen LogP contribution in [0.5, 0.6) is 0 Å². The van der Waals surface area contributed by atoms with Gasteiger partial charge < -0.3 is 10.5 Å². The number of hydrogen-bond donors (Lipinski definition) is 1.